The molecule has 2 aromatic rings. The lowest BCUT2D eigenvalue weighted by Crippen LogP contribution is -2.38. The molecule has 0 fully saturated rings. The third-order valence-corrected chi connectivity index (χ3v) is 3.75. The molecular formula is C19H28N2. The van der Waals surface area contributed by atoms with Crippen molar-refractivity contribution in [3.63, 3.8) is 0 Å². The second-order valence-electron chi connectivity index (χ2n) is 6.61. The molecule has 0 unspecified atom stereocenters. The number of rotatable bonds is 6. The predicted molar refractivity (Wildman–Crippen MR) is 94.2 cm³/mol. The monoisotopic (exact) mass is 284 g/mol. The maximum absolute atomic E-state index is 3.56. The molecule has 0 aromatic heterocycles. The fourth-order valence-corrected chi connectivity index (χ4v) is 2.67. The topological polar surface area (TPSA) is 15.3 Å². The van der Waals surface area contributed by atoms with E-state index in [9.17, 15) is 0 Å². The zero-order valence-corrected chi connectivity index (χ0v) is 13.8. The maximum atomic E-state index is 3.56. The fourth-order valence-electron chi connectivity index (χ4n) is 2.67. The summed E-state index contributed by atoms with van der Waals surface area (Å²) >= 11 is 0. The van der Waals surface area contributed by atoms with Crippen molar-refractivity contribution in [3.8, 4) is 0 Å². The van der Waals surface area contributed by atoms with Crippen LogP contribution >= 0.6 is 0 Å². The summed E-state index contributed by atoms with van der Waals surface area (Å²) in [6.07, 6.45) is 1.16. The van der Waals surface area contributed by atoms with E-state index in [0.29, 0.717) is 0 Å². The second kappa shape index (κ2) is 6.95. The predicted octanol–water partition coefficient (Wildman–Crippen LogP) is 4.44. The van der Waals surface area contributed by atoms with E-state index < -0.39 is 0 Å². The van der Waals surface area contributed by atoms with Gasteiger partial charge in [-0.1, -0.05) is 36.4 Å². The largest absolute Gasteiger partial charge is 0.371 e. The van der Waals surface area contributed by atoms with Crippen LogP contribution < -0.4 is 10.2 Å². The average molecular weight is 284 g/mol. The standard InChI is InChI=1S/C19H28N2/c1-5-21(15-9-14-20-19(2,3)4)18-13-8-11-16-10-6-7-12-17(16)18/h6-8,10-13,20H,5,9,14-15H2,1-4H3. The van der Waals surface area contributed by atoms with Gasteiger partial charge in [0.1, 0.15) is 0 Å². The van der Waals surface area contributed by atoms with Crippen molar-refractivity contribution in [1.82, 2.24) is 5.32 Å². The van der Waals surface area contributed by atoms with Crippen molar-refractivity contribution < 1.29 is 0 Å². The van der Waals surface area contributed by atoms with Gasteiger partial charge in [0.15, 0.2) is 0 Å². The molecule has 0 atom stereocenters. The Morgan fingerprint density at radius 3 is 2.43 bits per heavy atom. The Balaban J connectivity index is 2.06. The summed E-state index contributed by atoms with van der Waals surface area (Å²) in [4.78, 5) is 2.48. The molecule has 0 aliphatic rings. The molecule has 2 nitrogen and oxygen atoms in total. The van der Waals surface area contributed by atoms with E-state index in [4.69, 9.17) is 0 Å². The van der Waals surface area contributed by atoms with Crippen LogP contribution in [-0.2, 0) is 0 Å². The molecule has 0 aliphatic heterocycles. The van der Waals surface area contributed by atoms with Crippen molar-refractivity contribution in [2.75, 3.05) is 24.5 Å². The number of hydrogen-bond donors (Lipinski definition) is 1. The van der Waals surface area contributed by atoms with Crippen LogP contribution in [0.5, 0.6) is 0 Å². The van der Waals surface area contributed by atoms with Gasteiger partial charge >= 0.3 is 0 Å². The lowest BCUT2D eigenvalue weighted by molar-refractivity contribution is 0.422. The second-order valence-corrected chi connectivity index (χ2v) is 6.61. The van der Waals surface area contributed by atoms with Gasteiger partial charge in [-0.15, -0.1) is 0 Å². The van der Waals surface area contributed by atoms with Gasteiger partial charge in [0.05, 0.1) is 0 Å². The Labute approximate surface area is 129 Å². The van der Waals surface area contributed by atoms with Crippen molar-refractivity contribution >= 4 is 16.5 Å². The molecule has 0 aliphatic carbocycles. The number of fused-ring (bicyclic) bond motifs is 1. The molecule has 0 heterocycles. The van der Waals surface area contributed by atoms with Crippen LogP contribution in [-0.4, -0.2) is 25.2 Å². The van der Waals surface area contributed by atoms with Gasteiger partial charge in [0.25, 0.3) is 0 Å². The summed E-state index contributed by atoms with van der Waals surface area (Å²) in [5, 5.41) is 6.24. The van der Waals surface area contributed by atoms with Crippen molar-refractivity contribution in [3.05, 3.63) is 42.5 Å². The minimum absolute atomic E-state index is 0.205. The molecule has 0 bridgehead atoms. The van der Waals surface area contributed by atoms with Crippen LogP contribution in [0.1, 0.15) is 34.1 Å². The first kappa shape index (κ1) is 15.8. The Morgan fingerprint density at radius 1 is 1.00 bits per heavy atom. The van der Waals surface area contributed by atoms with Crippen LogP contribution in [0.3, 0.4) is 0 Å². The van der Waals surface area contributed by atoms with Gasteiger partial charge in [-0.2, -0.15) is 0 Å². The zero-order valence-electron chi connectivity index (χ0n) is 13.8. The van der Waals surface area contributed by atoms with Gasteiger partial charge in [-0.25, -0.2) is 0 Å². The van der Waals surface area contributed by atoms with Crippen LogP contribution in [0.25, 0.3) is 10.8 Å². The van der Waals surface area contributed by atoms with Crippen molar-refractivity contribution in [2.45, 2.75) is 39.7 Å². The summed E-state index contributed by atoms with van der Waals surface area (Å²) in [6, 6.07) is 15.2. The molecule has 2 heteroatoms. The van der Waals surface area contributed by atoms with Gasteiger partial charge in [0.2, 0.25) is 0 Å². The van der Waals surface area contributed by atoms with Crippen LogP contribution in [0.15, 0.2) is 42.5 Å². The molecule has 1 N–H and O–H groups in total. The van der Waals surface area contributed by atoms with E-state index >= 15 is 0 Å². The first-order chi connectivity index (χ1) is 10.0. The first-order valence-corrected chi connectivity index (χ1v) is 7.99. The van der Waals surface area contributed by atoms with Crippen molar-refractivity contribution in [1.29, 1.82) is 0 Å². The van der Waals surface area contributed by atoms with E-state index in [1.807, 2.05) is 0 Å². The summed E-state index contributed by atoms with van der Waals surface area (Å²) in [7, 11) is 0. The molecule has 114 valence electrons. The molecule has 2 aromatic carbocycles. The highest BCUT2D eigenvalue weighted by Crippen LogP contribution is 2.26. The van der Waals surface area contributed by atoms with E-state index in [0.717, 1.165) is 26.1 Å². The van der Waals surface area contributed by atoms with E-state index in [-0.39, 0.29) is 5.54 Å². The van der Waals surface area contributed by atoms with E-state index in [2.05, 4.69) is 80.4 Å². The molecular weight excluding hydrogens is 256 g/mol. The molecule has 2 rings (SSSR count). The van der Waals surface area contributed by atoms with Gasteiger partial charge in [-0.05, 0) is 52.1 Å². The number of hydrogen-bond acceptors (Lipinski definition) is 2. The third kappa shape index (κ3) is 4.47. The van der Waals surface area contributed by atoms with Crippen LogP contribution in [0.2, 0.25) is 0 Å². The van der Waals surface area contributed by atoms with Crippen molar-refractivity contribution in [2.24, 2.45) is 0 Å². The SMILES string of the molecule is CCN(CCCNC(C)(C)C)c1cccc2ccccc12. The minimum atomic E-state index is 0.205. The molecule has 0 saturated carbocycles. The smallest absolute Gasteiger partial charge is 0.0445 e. The summed E-state index contributed by atoms with van der Waals surface area (Å²) in [6.45, 7) is 12.1. The van der Waals surface area contributed by atoms with E-state index in [1.54, 1.807) is 0 Å². The maximum Gasteiger partial charge on any atom is 0.0445 e. The lowest BCUT2D eigenvalue weighted by Gasteiger charge is -2.26. The average Bonchev–Trinajstić information content (AvgIpc) is 2.46. The summed E-state index contributed by atoms with van der Waals surface area (Å²) in [5.41, 5.74) is 1.56. The lowest BCUT2D eigenvalue weighted by atomic mass is 10.1. The quantitative estimate of drug-likeness (QED) is 0.789. The Hall–Kier alpha value is -1.54. The fraction of sp³-hybridized carbons (Fsp3) is 0.474. The summed E-state index contributed by atoms with van der Waals surface area (Å²) < 4.78 is 0. The van der Waals surface area contributed by atoms with Gasteiger partial charge in [0, 0.05) is 29.7 Å². The Kier molecular flexibility index (Phi) is 5.24. The molecule has 21 heavy (non-hydrogen) atoms. The summed E-state index contributed by atoms with van der Waals surface area (Å²) in [5.74, 6) is 0. The third-order valence-electron chi connectivity index (χ3n) is 3.75. The minimum Gasteiger partial charge on any atom is -0.371 e. The Morgan fingerprint density at radius 2 is 1.71 bits per heavy atom. The number of benzene rings is 2. The molecule has 0 amide bonds. The Bertz CT molecular complexity index is 564. The van der Waals surface area contributed by atoms with E-state index in [1.165, 1.54) is 16.5 Å². The molecule has 0 radical (unpaired) electrons. The number of nitrogens with one attached hydrogen (secondary N) is 1. The molecule has 0 saturated heterocycles. The van der Waals surface area contributed by atoms with Gasteiger partial charge < -0.3 is 10.2 Å². The highest BCUT2D eigenvalue weighted by molar-refractivity contribution is 5.94. The zero-order chi connectivity index (χ0) is 15.3. The number of anilines is 1. The number of nitrogens with zero attached hydrogens (tertiary/aromatic N) is 1. The highest BCUT2D eigenvalue weighted by Gasteiger charge is 2.10. The van der Waals surface area contributed by atoms with Crippen LogP contribution in [0, 0.1) is 0 Å². The van der Waals surface area contributed by atoms with Gasteiger partial charge in [-0.3, -0.25) is 0 Å². The molecule has 0 spiro atoms. The normalized spacial score (nSPS) is 11.8. The highest BCUT2D eigenvalue weighted by atomic mass is 15.1. The first-order valence-electron chi connectivity index (χ1n) is 7.99. The van der Waals surface area contributed by atoms with Crippen LogP contribution in [0.4, 0.5) is 5.69 Å².